The molecule has 0 aromatic carbocycles. The van der Waals surface area contributed by atoms with E-state index in [1.54, 1.807) is 27.9 Å². The second-order valence-corrected chi connectivity index (χ2v) is 8.57. The Kier molecular flexibility index (Phi) is 8.23. The molecule has 7 nitrogen and oxygen atoms in total. The van der Waals surface area contributed by atoms with E-state index in [1.165, 1.54) is 11.8 Å². The minimum atomic E-state index is -0.754. The Morgan fingerprint density at radius 1 is 1.32 bits per heavy atom. The summed E-state index contributed by atoms with van der Waals surface area (Å²) >= 11 is 0. The number of amides is 3. The van der Waals surface area contributed by atoms with Gasteiger partial charge in [0, 0.05) is 26.4 Å². The van der Waals surface area contributed by atoms with E-state index in [4.69, 9.17) is 9.47 Å². The summed E-state index contributed by atoms with van der Waals surface area (Å²) in [6, 6.07) is -1.17. The summed E-state index contributed by atoms with van der Waals surface area (Å²) in [6.45, 7) is 12.5. The topological polar surface area (TPSA) is 84.9 Å². The van der Waals surface area contributed by atoms with E-state index in [2.05, 4.69) is 5.32 Å². The summed E-state index contributed by atoms with van der Waals surface area (Å²) in [5.74, 6) is -0.798. The number of nitrogens with zero attached hydrogens (tertiary/aromatic N) is 1. The first-order valence-corrected chi connectivity index (χ1v) is 9.90. The second kappa shape index (κ2) is 9.54. The first-order chi connectivity index (χ1) is 12.9. The van der Waals surface area contributed by atoms with E-state index in [0.29, 0.717) is 6.42 Å². The van der Waals surface area contributed by atoms with E-state index < -0.39 is 29.4 Å². The first kappa shape index (κ1) is 24.1. The molecule has 3 amide bonds. The molecule has 0 bridgehead atoms. The van der Waals surface area contributed by atoms with Gasteiger partial charge < -0.3 is 14.8 Å². The van der Waals surface area contributed by atoms with Crippen LogP contribution >= 0.6 is 0 Å². The van der Waals surface area contributed by atoms with Gasteiger partial charge in [-0.1, -0.05) is 25.5 Å². The fraction of sp³-hybridized carbons (Fsp3) is 0.762. The van der Waals surface area contributed by atoms with Crippen molar-refractivity contribution in [1.82, 2.24) is 10.2 Å². The fourth-order valence-electron chi connectivity index (χ4n) is 3.84. The molecule has 28 heavy (non-hydrogen) atoms. The summed E-state index contributed by atoms with van der Waals surface area (Å²) in [4.78, 5) is 38.9. The van der Waals surface area contributed by atoms with Gasteiger partial charge in [0.05, 0.1) is 17.7 Å². The van der Waals surface area contributed by atoms with Gasteiger partial charge in [-0.05, 0) is 41.0 Å². The van der Waals surface area contributed by atoms with Crippen LogP contribution in [-0.2, 0) is 19.1 Å². The standard InChI is InChI=1S/C21H36N2O5/c1-9-11-15-13-16(25)23(19(26)28-20(4,5)6)17(15)18(22-14(3)24)21(7,27-8)12-10-2/h9,11,15,17-18H,10,12-13H2,1-8H3,(H,22,24)/b11-9+/t15-,17-,18-,21+/m1/s1. The lowest BCUT2D eigenvalue weighted by Gasteiger charge is -2.43. The maximum atomic E-state index is 12.9. The van der Waals surface area contributed by atoms with Crippen LogP contribution in [0.3, 0.4) is 0 Å². The summed E-state index contributed by atoms with van der Waals surface area (Å²) in [5, 5.41) is 2.96. The van der Waals surface area contributed by atoms with Gasteiger partial charge >= 0.3 is 6.09 Å². The molecule has 0 saturated carbocycles. The third kappa shape index (κ3) is 5.80. The SMILES string of the molecule is C/C=C/[C@@H]1CC(=O)N(C(=O)OC(C)(C)C)[C@H]1[C@@H](NC(C)=O)[C@](C)(CCC)OC. The van der Waals surface area contributed by atoms with Crippen LogP contribution in [0, 0.1) is 5.92 Å². The number of nitrogens with one attached hydrogen (secondary N) is 1. The largest absolute Gasteiger partial charge is 0.443 e. The summed E-state index contributed by atoms with van der Waals surface area (Å²) in [6.07, 6.45) is 4.73. The molecule has 0 spiro atoms. The van der Waals surface area contributed by atoms with Crippen LogP contribution in [-0.4, -0.2) is 53.2 Å². The van der Waals surface area contributed by atoms with Gasteiger partial charge in [-0.2, -0.15) is 0 Å². The van der Waals surface area contributed by atoms with Crippen molar-refractivity contribution in [2.75, 3.05) is 7.11 Å². The van der Waals surface area contributed by atoms with Crippen LogP contribution in [0.25, 0.3) is 0 Å². The normalized spacial score (nSPS) is 23.6. The number of hydrogen-bond donors (Lipinski definition) is 1. The molecule has 0 unspecified atom stereocenters. The highest BCUT2D eigenvalue weighted by Gasteiger charge is 2.53. The number of methoxy groups -OCH3 is 1. The maximum absolute atomic E-state index is 12.9. The number of carbonyl (C=O) groups is 3. The summed E-state index contributed by atoms with van der Waals surface area (Å²) in [7, 11) is 1.59. The van der Waals surface area contributed by atoms with Gasteiger partial charge in [0.25, 0.3) is 0 Å². The highest BCUT2D eigenvalue weighted by atomic mass is 16.6. The number of rotatable bonds is 7. The number of allylic oxidation sites excluding steroid dienone is 1. The average molecular weight is 397 g/mol. The quantitative estimate of drug-likeness (QED) is 0.667. The van der Waals surface area contributed by atoms with Gasteiger partial charge in [-0.25, -0.2) is 9.69 Å². The Balaban J connectivity index is 3.48. The minimum absolute atomic E-state index is 0.177. The van der Waals surface area contributed by atoms with Crippen molar-refractivity contribution in [3.05, 3.63) is 12.2 Å². The molecular formula is C21H36N2O5. The molecule has 0 radical (unpaired) electrons. The zero-order valence-electron chi connectivity index (χ0n) is 18.5. The molecule has 4 atom stereocenters. The molecule has 0 aliphatic carbocycles. The molecule has 1 saturated heterocycles. The molecule has 0 aromatic heterocycles. The Labute approximate surface area is 168 Å². The van der Waals surface area contributed by atoms with Crippen molar-refractivity contribution in [3.63, 3.8) is 0 Å². The molecule has 160 valence electrons. The second-order valence-electron chi connectivity index (χ2n) is 8.57. The van der Waals surface area contributed by atoms with Crippen LogP contribution in [0.2, 0.25) is 0 Å². The van der Waals surface area contributed by atoms with E-state index in [9.17, 15) is 14.4 Å². The number of imide groups is 1. The van der Waals surface area contributed by atoms with E-state index >= 15 is 0 Å². The number of carbonyl (C=O) groups excluding carboxylic acids is 3. The van der Waals surface area contributed by atoms with Crippen LogP contribution in [0.4, 0.5) is 4.79 Å². The molecule has 1 aliphatic rings. The fourth-order valence-corrected chi connectivity index (χ4v) is 3.84. The van der Waals surface area contributed by atoms with Crippen molar-refractivity contribution in [1.29, 1.82) is 0 Å². The Morgan fingerprint density at radius 3 is 2.36 bits per heavy atom. The molecular weight excluding hydrogens is 360 g/mol. The van der Waals surface area contributed by atoms with Gasteiger partial charge in [0.2, 0.25) is 11.8 Å². The molecule has 1 heterocycles. The molecule has 0 aromatic rings. The summed E-state index contributed by atoms with van der Waals surface area (Å²) < 4.78 is 11.3. The summed E-state index contributed by atoms with van der Waals surface area (Å²) in [5.41, 5.74) is -1.49. The number of likely N-dealkylation sites (tertiary alicyclic amines) is 1. The van der Waals surface area contributed by atoms with Gasteiger partial charge in [0.1, 0.15) is 5.60 Å². The van der Waals surface area contributed by atoms with Gasteiger partial charge in [-0.15, -0.1) is 0 Å². The van der Waals surface area contributed by atoms with Crippen molar-refractivity contribution in [2.24, 2.45) is 5.92 Å². The van der Waals surface area contributed by atoms with Crippen LogP contribution in [0.5, 0.6) is 0 Å². The van der Waals surface area contributed by atoms with Crippen molar-refractivity contribution in [3.8, 4) is 0 Å². The zero-order valence-corrected chi connectivity index (χ0v) is 18.5. The van der Waals surface area contributed by atoms with Crippen LogP contribution < -0.4 is 5.32 Å². The molecule has 7 heteroatoms. The minimum Gasteiger partial charge on any atom is -0.443 e. The lowest BCUT2D eigenvalue weighted by molar-refractivity contribution is -0.133. The van der Waals surface area contributed by atoms with Crippen molar-refractivity contribution < 1.29 is 23.9 Å². The Hall–Kier alpha value is -1.89. The van der Waals surface area contributed by atoms with Crippen LogP contribution in [0.15, 0.2) is 12.2 Å². The third-order valence-electron chi connectivity index (χ3n) is 5.02. The highest BCUT2D eigenvalue weighted by Crippen LogP contribution is 2.36. The lowest BCUT2D eigenvalue weighted by atomic mass is 9.81. The lowest BCUT2D eigenvalue weighted by Crippen LogP contribution is -2.63. The highest BCUT2D eigenvalue weighted by molar-refractivity contribution is 5.95. The Morgan fingerprint density at radius 2 is 1.93 bits per heavy atom. The third-order valence-corrected chi connectivity index (χ3v) is 5.02. The predicted octanol–water partition coefficient (Wildman–Crippen LogP) is 3.42. The first-order valence-electron chi connectivity index (χ1n) is 9.90. The average Bonchev–Trinajstić information content (AvgIpc) is 2.87. The number of hydrogen-bond acceptors (Lipinski definition) is 5. The van der Waals surface area contributed by atoms with Gasteiger partial charge in [-0.3, -0.25) is 9.59 Å². The zero-order chi connectivity index (χ0) is 21.7. The molecule has 1 fully saturated rings. The van der Waals surface area contributed by atoms with Crippen molar-refractivity contribution in [2.45, 2.75) is 91.0 Å². The van der Waals surface area contributed by atoms with Gasteiger partial charge in [0.15, 0.2) is 0 Å². The molecule has 1 N–H and O–H groups in total. The van der Waals surface area contributed by atoms with E-state index in [0.717, 1.165) is 6.42 Å². The van der Waals surface area contributed by atoms with Crippen LogP contribution in [0.1, 0.15) is 67.7 Å². The molecule has 1 aliphatic heterocycles. The van der Waals surface area contributed by atoms with Crippen molar-refractivity contribution >= 4 is 17.9 Å². The maximum Gasteiger partial charge on any atom is 0.417 e. The van der Waals surface area contributed by atoms with E-state index in [1.807, 2.05) is 32.9 Å². The monoisotopic (exact) mass is 396 g/mol. The Bertz CT molecular complexity index is 610. The molecule has 1 rings (SSSR count). The predicted molar refractivity (Wildman–Crippen MR) is 108 cm³/mol. The van der Waals surface area contributed by atoms with E-state index in [-0.39, 0.29) is 24.2 Å². The smallest absolute Gasteiger partial charge is 0.417 e. The number of ether oxygens (including phenoxy) is 2.